The van der Waals surface area contributed by atoms with Crippen LogP contribution < -0.4 is 5.32 Å². The minimum atomic E-state index is 0.101. The van der Waals surface area contributed by atoms with Gasteiger partial charge in [0.15, 0.2) is 5.96 Å². The van der Waals surface area contributed by atoms with Crippen LogP contribution in [-0.2, 0) is 16.1 Å². The van der Waals surface area contributed by atoms with Crippen molar-refractivity contribution in [1.82, 2.24) is 15.1 Å². The number of halogens is 1. The molecule has 6 nitrogen and oxygen atoms in total. The number of nitrogens with one attached hydrogen (secondary N) is 1. The lowest BCUT2D eigenvalue weighted by Crippen LogP contribution is -2.55. The summed E-state index contributed by atoms with van der Waals surface area (Å²) in [4.78, 5) is 20.5. The number of carbonyl (C=O) groups excluding carboxylic acids is 1. The van der Waals surface area contributed by atoms with E-state index in [4.69, 9.17) is 16.3 Å². The number of hydrogen-bond donors (Lipinski definition) is 1. The topological polar surface area (TPSA) is 57.2 Å². The van der Waals surface area contributed by atoms with Gasteiger partial charge in [0.25, 0.3) is 0 Å². The van der Waals surface area contributed by atoms with Crippen LogP contribution in [0.15, 0.2) is 29.3 Å². The van der Waals surface area contributed by atoms with Crippen molar-refractivity contribution in [2.24, 2.45) is 4.99 Å². The van der Waals surface area contributed by atoms with Crippen molar-refractivity contribution < 1.29 is 9.53 Å². The van der Waals surface area contributed by atoms with Crippen molar-refractivity contribution in [3.05, 3.63) is 34.9 Å². The van der Waals surface area contributed by atoms with Crippen molar-refractivity contribution in [2.45, 2.75) is 13.5 Å². The molecule has 7 heteroatoms. The van der Waals surface area contributed by atoms with Gasteiger partial charge in [-0.3, -0.25) is 9.79 Å². The van der Waals surface area contributed by atoms with E-state index in [1.807, 2.05) is 41.0 Å². The van der Waals surface area contributed by atoms with Crippen LogP contribution in [0.25, 0.3) is 0 Å². The molecule has 1 N–H and O–H groups in total. The third kappa shape index (κ3) is 5.39. The summed E-state index contributed by atoms with van der Waals surface area (Å²) in [6.07, 6.45) is 0. The number of amides is 1. The van der Waals surface area contributed by atoms with E-state index < -0.39 is 0 Å². The van der Waals surface area contributed by atoms with Gasteiger partial charge in [0.05, 0.1) is 13.2 Å². The second-order valence-corrected chi connectivity index (χ2v) is 5.97. The number of benzene rings is 1. The molecule has 1 aromatic carbocycles. The molecule has 0 spiro atoms. The van der Waals surface area contributed by atoms with E-state index in [1.165, 1.54) is 0 Å². The number of rotatable bonds is 6. The molecule has 1 fully saturated rings. The maximum atomic E-state index is 12.4. The fraction of sp³-hybridized carbons (Fsp3) is 0.529. The lowest BCUT2D eigenvalue weighted by molar-refractivity contribution is -0.135. The van der Waals surface area contributed by atoms with Gasteiger partial charge < -0.3 is 19.9 Å². The number of nitrogens with zero attached hydrogens (tertiary/aromatic N) is 3. The Morgan fingerprint density at radius 2 is 2.08 bits per heavy atom. The van der Waals surface area contributed by atoms with Crippen LogP contribution in [0.5, 0.6) is 0 Å². The predicted octanol–water partition coefficient (Wildman–Crippen LogP) is 1.60. The van der Waals surface area contributed by atoms with Crippen LogP contribution >= 0.6 is 11.6 Å². The van der Waals surface area contributed by atoms with Gasteiger partial charge in [-0.2, -0.15) is 0 Å². The molecular weight excluding hydrogens is 328 g/mol. The smallest absolute Gasteiger partial charge is 0.242 e. The lowest BCUT2D eigenvalue weighted by atomic mass is 10.2. The molecule has 1 aliphatic heterocycles. The number of hydrogen-bond acceptors (Lipinski definition) is 3. The minimum absolute atomic E-state index is 0.101. The van der Waals surface area contributed by atoms with Gasteiger partial charge >= 0.3 is 0 Å². The monoisotopic (exact) mass is 352 g/mol. The van der Waals surface area contributed by atoms with Crippen LogP contribution in [0.4, 0.5) is 0 Å². The first-order chi connectivity index (χ1) is 11.6. The van der Waals surface area contributed by atoms with Crippen molar-refractivity contribution in [3.63, 3.8) is 0 Å². The molecule has 0 atom stereocenters. The molecule has 0 unspecified atom stereocenters. The summed E-state index contributed by atoms with van der Waals surface area (Å²) in [5, 5.41) is 3.94. The average molecular weight is 353 g/mol. The third-order valence-corrected chi connectivity index (χ3v) is 4.10. The van der Waals surface area contributed by atoms with Crippen LogP contribution in [0, 0.1) is 0 Å². The Morgan fingerprint density at radius 3 is 2.71 bits per heavy atom. The lowest BCUT2D eigenvalue weighted by Gasteiger charge is -2.36. The van der Waals surface area contributed by atoms with Crippen LogP contribution in [0.2, 0.25) is 5.02 Å². The summed E-state index contributed by atoms with van der Waals surface area (Å²) in [5.41, 5.74) is 1.08. The molecule has 1 saturated heterocycles. The highest BCUT2D eigenvalue weighted by atomic mass is 35.5. The largest absolute Gasteiger partial charge is 0.380 e. The van der Waals surface area contributed by atoms with Crippen molar-refractivity contribution in [3.8, 4) is 0 Å². The molecule has 132 valence electrons. The zero-order valence-electron chi connectivity index (χ0n) is 14.3. The first kappa shape index (κ1) is 18.5. The second kappa shape index (κ2) is 9.49. The number of carbonyl (C=O) groups is 1. The summed E-state index contributed by atoms with van der Waals surface area (Å²) in [7, 11) is 1.73. The number of piperazine rings is 1. The molecule has 0 saturated carbocycles. The van der Waals surface area contributed by atoms with E-state index >= 15 is 0 Å². The van der Waals surface area contributed by atoms with E-state index in [9.17, 15) is 4.79 Å². The van der Waals surface area contributed by atoms with Gasteiger partial charge in [-0.15, -0.1) is 0 Å². The maximum Gasteiger partial charge on any atom is 0.242 e. The van der Waals surface area contributed by atoms with Crippen molar-refractivity contribution >= 4 is 23.5 Å². The normalized spacial score (nSPS) is 15.8. The number of guanidine groups is 1. The first-order valence-corrected chi connectivity index (χ1v) is 8.57. The summed E-state index contributed by atoms with van der Waals surface area (Å²) in [6.45, 7) is 6.35. The van der Waals surface area contributed by atoms with E-state index in [1.54, 1.807) is 7.05 Å². The van der Waals surface area contributed by atoms with Crippen LogP contribution in [-0.4, -0.2) is 68.1 Å². The molecule has 0 bridgehead atoms. The predicted molar refractivity (Wildman–Crippen MR) is 96.3 cm³/mol. The zero-order chi connectivity index (χ0) is 17.4. The zero-order valence-corrected chi connectivity index (χ0v) is 15.1. The molecule has 0 radical (unpaired) electrons. The summed E-state index contributed by atoms with van der Waals surface area (Å²) < 4.78 is 5.31. The Balaban J connectivity index is 1.85. The summed E-state index contributed by atoms with van der Waals surface area (Å²) >= 11 is 5.90. The van der Waals surface area contributed by atoms with Gasteiger partial charge in [-0.25, -0.2) is 0 Å². The Labute approximate surface area is 148 Å². The summed E-state index contributed by atoms with van der Waals surface area (Å²) in [6, 6.07) is 7.61. The highest BCUT2D eigenvalue weighted by Crippen LogP contribution is 2.13. The number of ether oxygens (including phenoxy) is 1. The molecule has 1 heterocycles. The molecule has 1 amide bonds. The van der Waals surface area contributed by atoms with E-state index in [2.05, 4.69) is 10.3 Å². The van der Waals surface area contributed by atoms with Crippen LogP contribution in [0.1, 0.15) is 12.5 Å². The standard InChI is InChI=1S/C17H25ClN4O2/c1-3-24-11-8-20-17(19-2)22-10-9-21(16(23)13-22)12-14-4-6-15(18)7-5-14/h4-7H,3,8-13H2,1-2H3,(H,19,20). The highest BCUT2D eigenvalue weighted by molar-refractivity contribution is 6.30. The quantitative estimate of drug-likeness (QED) is 0.480. The van der Waals surface area contributed by atoms with Crippen molar-refractivity contribution in [2.75, 3.05) is 46.4 Å². The van der Waals surface area contributed by atoms with Crippen LogP contribution in [0.3, 0.4) is 0 Å². The molecule has 1 aromatic rings. The Kier molecular flexibility index (Phi) is 7.34. The van der Waals surface area contributed by atoms with Gasteiger partial charge in [0.2, 0.25) is 5.91 Å². The fourth-order valence-corrected chi connectivity index (χ4v) is 2.70. The second-order valence-electron chi connectivity index (χ2n) is 5.53. The Hall–Kier alpha value is -1.79. The molecule has 1 aliphatic rings. The van der Waals surface area contributed by atoms with Gasteiger partial charge in [0.1, 0.15) is 0 Å². The van der Waals surface area contributed by atoms with Gasteiger partial charge in [-0.1, -0.05) is 23.7 Å². The van der Waals surface area contributed by atoms with E-state index in [-0.39, 0.29) is 5.91 Å². The van der Waals surface area contributed by atoms with E-state index in [0.717, 1.165) is 18.1 Å². The third-order valence-electron chi connectivity index (χ3n) is 3.85. The maximum absolute atomic E-state index is 12.4. The first-order valence-electron chi connectivity index (χ1n) is 8.19. The van der Waals surface area contributed by atoms with Gasteiger partial charge in [-0.05, 0) is 24.6 Å². The average Bonchev–Trinajstić information content (AvgIpc) is 2.59. The molecule has 0 aliphatic carbocycles. The molecule has 0 aromatic heterocycles. The fourth-order valence-electron chi connectivity index (χ4n) is 2.58. The van der Waals surface area contributed by atoms with E-state index in [0.29, 0.717) is 44.4 Å². The number of aliphatic imine (C=N–C) groups is 1. The molecule has 24 heavy (non-hydrogen) atoms. The minimum Gasteiger partial charge on any atom is -0.380 e. The summed E-state index contributed by atoms with van der Waals surface area (Å²) in [5.74, 6) is 0.846. The Bertz CT molecular complexity index is 562. The molecular formula is C17H25ClN4O2. The van der Waals surface area contributed by atoms with Crippen molar-refractivity contribution in [1.29, 1.82) is 0 Å². The van der Waals surface area contributed by atoms with Gasteiger partial charge in [0, 0.05) is 44.9 Å². The SMILES string of the molecule is CCOCCNC(=NC)N1CCN(Cc2ccc(Cl)cc2)C(=O)C1. The highest BCUT2D eigenvalue weighted by Gasteiger charge is 2.25. The molecule has 2 rings (SSSR count). The Morgan fingerprint density at radius 1 is 1.33 bits per heavy atom.